The largest absolute Gasteiger partial charge is 0.329 e. The lowest BCUT2D eigenvalue weighted by atomic mass is 9.83. The van der Waals surface area contributed by atoms with E-state index in [4.69, 9.17) is 11.6 Å². The van der Waals surface area contributed by atoms with Crippen molar-refractivity contribution >= 4 is 45.4 Å². The van der Waals surface area contributed by atoms with Crippen molar-refractivity contribution in [2.45, 2.75) is 76.7 Å². The Morgan fingerprint density at radius 1 is 1.10 bits per heavy atom. The molecule has 0 bridgehead atoms. The van der Waals surface area contributed by atoms with Gasteiger partial charge in [0.05, 0.1) is 23.5 Å². The van der Waals surface area contributed by atoms with E-state index in [1.54, 1.807) is 18.2 Å². The van der Waals surface area contributed by atoms with Gasteiger partial charge in [0.15, 0.2) is 11.6 Å². The monoisotopic (exact) mass is 584 g/mol. The van der Waals surface area contributed by atoms with Crippen molar-refractivity contribution in [1.29, 1.82) is 0 Å². The zero-order valence-electron chi connectivity index (χ0n) is 23.0. The van der Waals surface area contributed by atoms with Gasteiger partial charge in [-0.3, -0.25) is 14.4 Å². The second-order valence-electron chi connectivity index (χ2n) is 11.5. The van der Waals surface area contributed by atoms with Gasteiger partial charge >= 0.3 is 5.69 Å². The molecule has 40 heavy (non-hydrogen) atoms. The number of piperidine rings is 1. The third-order valence-corrected chi connectivity index (χ3v) is 9.80. The molecular formula is C30H37ClN4O4S. The van der Waals surface area contributed by atoms with Crippen LogP contribution in [0.25, 0.3) is 10.9 Å². The Kier molecular flexibility index (Phi) is 9.33. The summed E-state index contributed by atoms with van der Waals surface area (Å²) >= 11 is 7.25. The number of hydrogen-bond donors (Lipinski definition) is 1. The van der Waals surface area contributed by atoms with Crippen LogP contribution in [0.15, 0.2) is 34.0 Å². The Morgan fingerprint density at radius 3 is 2.55 bits per heavy atom. The molecular weight excluding hydrogens is 548 g/mol. The van der Waals surface area contributed by atoms with Gasteiger partial charge in [-0.25, -0.2) is 14.3 Å². The number of aromatic amines is 1. The summed E-state index contributed by atoms with van der Waals surface area (Å²) in [6, 6.07) is 3.99. The zero-order valence-corrected chi connectivity index (χ0v) is 24.6. The van der Waals surface area contributed by atoms with Crippen molar-refractivity contribution in [2.24, 2.45) is 11.8 Å². The molecule has 0 radical (unpaired) electrons. The van der Waals surface area contributed by atoms with Crippen LogP contribution in [0.2, 0.25) is 4.34 Å². The number of benzene rings is 1. The standard InChI is InChI=1S/C30H37ClN4O4S/c1-34-13-11-19(12-14-34)7-10-25(36)21-8-9-22-23(16-21)33-30(39)35(29(22)38)24(15-20-5-3-2-4-6-20)26(37)17-28-32-18-27(31)40-28/h8-9,16,18-20,24H,2-7,10-15,17H2,1H3,(H,33,39). The fourth-order valence-corrected chi connectivity index (χ4v) is 7.24. The lowest BCUT2D eigenvalue weighted by Gasteiger charge is -2.28. The van der Waals surface area contributed by atoms with E-state index in [0.29, 0.717) is 44.6 Å². The van der Waals surface area contributed by atoms with Gasteiger partial charge in [0.1, 0.15) is 15.4 Å². The maximum atomic E-state index is 13.7. The molecule has 214 valence electrons. The Bertz CT molecular complexity index is 1480. The van der Waals surface area contributed by atoms with Crippen molar-refractivity contribution in [1.82, 2.24) is 19.4 Å². The minimum Gasteiger partial charge on any atom is -0.307 e. The summed E-state index contributed by atoms with van der Waals surface area (Å²) in [7, 11) is 2.12. The number of halogens is 1. The predicted octanol–water partition coefficient (Wildman–Crippen LogP) is 5.43. The molecule has 1 aliphatic carbocycles. The fraction of sp³-hybridized carbons (Fsp3) is 0.567. The van der Waals surface area contributed by atoms with E-state index in [1.807, 2.05) is 0 Å². The number of Topliss-reactive ketones (excluding diaryl/α,β-unsaturated/α-hetero) is 2. The van der Waals surface area contributed by atoms with Crippen molar-refractivity contribution < 1.29 is 9.59 Å². The SMILES string of the molecule is CN1CCC(CCC(=O)c2ccc3c(=O)n(C(CC4CCCCC4)C(=O)Cc4ncc(Cl)s4)c(=O)[nH]c3c2)CC1. The molecule has 1 unspecified atom stereocenters. The van der Waals surface area contributed by atoms with Gasteiger partial charge in [0, 0.05) is 12.0 Å². The minimum atomic E-state index is -0.887. The topological polar surface area (TPSA) is 105 Å². The molecule has 3 aromatic rings. The molecule has 10 heteroatoms. The van der Waals surface area contributed by atoms with Gasteiger partial charge in [-0.2, -0.15) is 0 Å². The maximum Gasteiger partial charge on any atom is 0.329 e. The molecule has 1 aliphatic heterocycles. The fourth-order valence-electron chi connectivity index (χ4n) is 6.27. The number of likely N-dealkylation sites (tertiary alicyclic amines) is 1. The van der Waals surface area contributed by atoms with E-state index in [0.717, 1.165) is 62.6 Å². The molecule has 1 N–H and O–H groups in total. The Balaban J connectivity index is 1.40. The Hall–Kier alpha value is -2.62. The summed E-state index contributed by atoms with van der Waals surface area (Å²) in [5.41, 5.74) is -0.314. The number of ketones is 2. The first-order valence-electron chi connectivity index (χ1n) is 14.4. The zero-order chi connectivity index (χ0) is 28.2. The predicted molar refractivity (Wildman–Crippen MR) is 159 cm³/mol. The molecule has 8 nitrogen and oxygen atoms in total. The third-order valence-electron chi connectivity index (χ3n) is 8.68. The van der Waals surface area contributed by atoms with Gasteiger partial charge < -0.3 is 9.88 Å². The van der Waals surface area contributed by atoms with E-state index in [-0.39, 0.29) is 23.9 Å². The lowest BCUT2D eigenvalue weighted by Crippen LogP contribution is -2.42. The Morgan fingerprint density at radius 2 is 1.85 bits per heavy atom. The number of carbonyl (C=O) groups is 2. The highest BCUT2D eigenvalue weighted by Gasteiger charge is 2.29. The van der Waals surface area contributed by atoms with Gasteiger partial charge in [0.2, 0.25) is 0 Å². The van der Waals surface area contributed by atoms with Crippen LogP contribution < -0.4 is 11.2 Å². The molecule has 2 aromatic heterocycles. The summed E-state index contributed by atoms with van der Waals surface area (Å²) in [4.78, 5) is 62.9. The van der Waals surface area contributed by atoms with Gasteiger partial charge in [0.25, 0.3) is 5.56 Å². The number of rotatable bonds is 10. The summed E-state index contributed by atoms with van der Waals surface area (Å²) in [5.74, 6) is 0.614. The summed E-state index contributed by atoms with van der Waals surface area (Å²) < 4.78 is 1.58. The highest BCUT2D eigenvalue weighted by Crippen LogP contribution is 2.32. The number of thiazole rings is 1. The van der Waals surface area contributed by atoms with Gasteiger partial charge in [-0.05, 0) is 69.8 Å². The van der Waals surface area contributed by atoms with Crippen LogP contribution in [0.1, 0.15) is 85.6 Å². The normalized spacial score (nSPS) is 18.2. The Labute approximate surface area is 242 Å². The first-order valence-corrected chi connectivity index (χ1v) is 15.6. The van der Waals surface area contributed by atoms with Crippen LogP contribution in [0, 0.1) is 11.8 Å². The minimum absolute atomic E-state index is 0.0123. The van der Waals surface area contributed by atoms with Crippen molar-refractivity contribution in [2.75, 3.05) is 20.1 Å². The van der Waals surface area contributed by atoms with E-state index in [2.05, 4.69) is 21.9 Å². The highest BCUT2D eigenvalue weighted by molar-refractivity contribution is 7.15. The van der Waals surface area contributed by atoms with Crippen molar-refractivity contribution in [3.05, 3.63) is 60.1 Å². The molecule has 1 atom stereocenters. The summed E-state index contributed by atoms with van der Waals surface area (Å²) in [5, 5.41) is 0.863. The molecule has 1 aromatic carbocycles. The molecule has 5 rings (SSSR count). The molecule has 2 aliphatic rings. The lowest BCUT2D eigenvalue weighted by molar-refractivity contribution is -0.122. The first kappa shape index (κ1) is 28.9. The van der Waals surface area contributed by atoms with Gasteiger partial charge in [-0.1, -0.05) is 49.8 Å². The van der Waals surface area contributed by atoms with Gasteiger partial charge in [-0.15, -0.1) is 11.3 Å². The van der Waals surface area contributed by atoms with E-state index in [9.17, 15) is 19.2 Å². The average molecular weight is 585 g/mol. The number of fused-ring (bicyclic) bond motifs is 1. The summed E-state index contributed by atoms with van der Waals surface area (Å²) in [6.45, 7) is 2.12. The van der Waals surface area contributed by atoms with Crippen LogP contribution in [0.5, 0.6) is 0 Å². The van der Waals surface area contributed by atoms with Crippen LogP contribution in [0.4, 0.5) is 0 Å². The van der Waals surface area contributed by atoms with Crippen molar-refractivity contribution in [3.63, 3.8) is 0 Å². The van der Waals surface area contributed by atoms with E-state index >= 15 is 0 Å². The molecule has 1 saturated heterocycles. The second-order valence-corrected chi connectivity index (χ2v) is 13.3. The smallest absolute Gasteiger partial charge is 0.307 e. The summed E-state index contributed by atoms with van der Waals surface area (Å²) in [6.07, 6.45) is 10.8. The number of hydrogen-bond acceptors (Lipinski definition) is 7. The number of carbonyl (C=O) groups excluding carboxylic acids is 2. The number of nitrogens with zero attached hydrogens (tertiary/aromatic N) is 3. The quantitative estimate of drug-likeness (QED) is 0.319. The van der Waals surface area contributed by atoms with E-state index < -0.39 is 17.3 Å². The van der Waals surface area contributed by atoms with E-state index in [1.165, 1.54) is 24.0 Å². The van der Waals surface area contributed by atoms with Crippen LogP contribution >= 0.6 is 22.9 Å². The third kappa shape index (κ3) is 6.81. The first-order chi connectivity index (χ1) is 19.3. The van der Waals surface area contributed by atoms with Crippen LogP contribution in [0.3, 0.4) is 0 Å². The van der Waals surface area contributed by atoms with Crippen molar-refractivity contribution in [3.8, 4) is 0 Å². The molecule has 2 fully saturated rings. The molecule has 0 spiro atoms. The number of aromatic nitrogens is 3. The van der Waals surface area contributed by atoms with Crippen LogP contribution in [-0.4, -0.2) is 51.1 Å². The molecule has 1 saturated carbocycles. The van der Waals surface area contributed by atoms with Crippen LogP contribution in [-0.2, 0) is 11.2 Å². The second kappa shape index (κ2) is 12.9. The molecule has 3 heterocycles. The average Bonchev–Trinajstić information content (AvgIpc) is 3.36. The maximum absolute atomic E-state index is 13.7. The number of H-pyrrole nitrogens is 1. The highest BCUT2D eigenvalue weighted by atomic mass is 35.5. The molecule has 0 amide bonds. The number of nitrogens with one attached hydrogen (secondary N) is 1.